The Kier molecular flexibility index (Phi) is 5.39. The molecule has 7 heteroatoms. The van der Waals surface area contributed by atoms with Crippen molar-refractivity contribution >= 4 is 55.4 Å². The third-order valence-electron chi connectivity index (χ3n) is 2.72. The second kappa shape index (κ2) is 6.89. The standard InChI is InChI=1S/C14H14INO3S2/c1-2-7-21(18,19)16-12-5-3-10(4-6-12)14(17)11-8-13(15)20-9-11/h3-6,8-9,16H,2,7H2,1H3. The molecule has 4 nitrogen and oxygen atoms in total. The number of carbonyl (C=O) groups is 1. The Bertz CT molecular complexity index is 736. The van der Waals surface area contributed by atoms with Crippen LogP contribution in [0.1, 0.15) is 29.3 Å². The summed E-state index contributed by atoms with van der Waals surface area (Å²) in [4.78, 5) is 12.2. The lowest BCUT2D eigenvalue weighted by molar-refractivity contribution is 0.103. The number of anilines is 1. The maximum atomic E-state index is 12.2. The van der Waals surface area contributed by atoms with Crippen molar-refractivity contribution in [3.05, 3.63) is 49.7 Å². The lowest BCUT2D eigenvalue weighted by Crippen LogP contribution is -2.16. The highest BCUT2D eigenvalue weighted by molar-refractivity contribution is 14.1. The molecule has 0 spiro atoms. The number of rotatable bonds is 6. The fourth-order valence-corrected chi connectivity index (χ4v) is 4.25. The van der Waals surface area contributed by atoms with Crippen LogP contribution in [0.15, 0.2) is 35.7 Å². The highest BCUT2D eigenvalue weighted by Crippen LogP contribution is 2.20. The number of hydrogen-bond acceptors (Lipinski definition) is 4. The normalized spacial score (nSPS) is 11.3. The van der Waals surface area contributed by atoms with E-state index in [0.29, 0.717) is 23.2 Å². The molecule has 1 N–H and O–H groups in total. The van der Waals surface area contributed by atoms with E-state index < -0.39 is 10.0 Å². The number of thiophene rings is 1. The molecule has 0 aliphatic heterocycles. The van der Waals surface area contributed by atoms with Crippen molar-refractivity contribution in [1.82, 2.24) is 0 Å². The van der Waals surface area contributed by atoms with E-state index in [9.17, 15) is 13.2 Å². The molecule has 0 bridgehead atoms. The number of halogens is 1. The summed E-state index contributed by atoms with van der Waals surface area (Å²) in [7, 11) is -3.30. The van der Waals surface area contributed by atoms with Gasteiger partial charge in [-0.15, -0.1) is 11.3 Å². The van der Waals surface area contributed by atoms with Crippen molar-refractivity contribution in [2.45, 2.75) is 13.3 Å². The van der Waals surface area contributed by atoms with Gasteiger partial charge in [0, 0.05) is 22.2 Å². The number of benzene rings is 1. The molecule has 2 rings (SSSR count). The molecule has 21 heavy (non-hydrogen) atoms. The molecular weight excluding hydrogens is 421 g/mol. The lowest BCUT2D eigenvalue weighted by Gasteiger charge is -2.07. The molecule has 0 atom stereocenters. The van der Waals surface area contributed by atoms with Crippen LogP contribution in [-0.2, 0) is 10.0 Å². The van der Waals surface area contributed by atoms with Crippen molar-refractivity contribution in [3.63, 3.8) is 0 Å². The molecule has 0 radical (unpaired) electrons. The highest BCUT2D eigenvalue weighted by Gasteiger charge is 2.12. The van der Waals surface area contributed by atoms with E-state index in [4.69, 9.17) is 0 Å². The topological polar surface area (TPSA) is 63.2 Å². The molecular formula is C14H14INO3S2. The van der Waals surface area contributed by atoms with Crippen LogP contribution in [0.5, 0.6) is 0 Å². The van der Waals surface area contributed by atoms with Gasteiger partial charge in [-0.05, 0) is 59.3 Å². The Balaban J connectivity index is 2.14. The summed E-state index contributed by atoms with van der Waals surface area (Å²) in [6.45, 7) is 1.81. The fraction of sp³-hybridized carbons (Fsp3) is 0.214. The van der Waals surface area contributed by atoms with Gasteiger partial charge in [0.15, 0.2) is 5.78 Å². The third-order valence-corrected chi connectivity index (χ3v) is 6.00. The van der Waals surface area contributed by atoms with E-state index in [2.05, 4.69) is 27.3 Å². The van der Waals surface area contributed by atoms with Crippen molar-refractivity contribution < 1.29 is 13.2 Å². The zero-order chi connectivity index (χ0) is 15.5. The highest BCUT2D eigenvalue weighted by atomic mass is 127. The Hall–Kier alpha value is -0.930. The van der Waals surface area contributed by atoms with E-state index in [-0.39, 0.29) is 11.5 Å². The van der Waals surface area contributed by atoms with Gasteiger partial charge in [-0.3, -0.25) is 9.52 Å². The maximum absolute atomic E-state index is 12.2. The second-order valence-corrected chi connectivity index (χ2v) is 9.11. The maximum Gasteiger partial charge on any atom is 0.232 e. The van der Waals surface area contributed by atoms with Gasteiger partial charge in [-0.25, -0.2) is 8.42 Å². The van der Waals surface area contributed by atoms with E-state index in [1.807, 2.05) is 18.4 Å². The molecule has 0 saturated heterocycles. The first-order chi connectivity index (χ1) is 9.91. The Morgan fingerprint density at radius 2 is 1.90 bits per heavy atom. The lowest BCUT2D eigenvalue weighted by atomic mass is 10.1. The van der Waals surface area contributed by atoms with Gasteiger partial charge < -0.3 is 0 Å². The molecule has 0 amide bonds. The molecule has 0 saturated carbocycles. The largest absolute Gasteiger partial charge is 0.289 e. The molecule has 0 fully saturated rings. The number of ketones is 1. The van der Waals surface area contributed by atoms with E-state index in [1.165, 1.54) is 11.3 Å². The van der Waals surface area contributed by atoms with Crippen LogP contribution in [-0.4, -0.2) is 20.0 Å². The molecule has 1 aromatic carbocycles. The number of sulfonamides is 1. The van der Waals surface area contributed by atoms with Crippen LogP contribution in [0, 0.1) is 2.88 Å². The van der Waals surface area contributed by atoms with Crippen LogP contribution >= 0.6 is 33.9 Å². The zero-order valence-corrected chi connectivity index (χ0v) is 15.1. The SMILES string of the molecule is CCCS(=O)(=O)Nc1ccc(C(=O)c2csc(I)c2)cc1. The van der Waals surface area contributed by atoms with E-state index >= 15 is 0 Å². The molecule has 2 aromatic rings. The van der Waals surface area contributed by atoms with Crippen LogP contribution < -0.4 is 4.72 Å². The van der Waals surface area contributed by atoms with E-state index in [1.54, 1.807) is 24.3 Å². The minimum Gasteiger partial charge on any atom is -0.289 e. The van der Waals surface area contributed by atoms with Crippen LogP contribution in [0.2, 0.25) is 0 Å². The molecule has 0 aliphatic carbocycles. The summed E-state index contributed by atoms with van der Waals surface area (Å²) < 4.78 is 26.9. The first-order valence-electron chi connectivity index (χ1n) is 6.30. The number of hydrogen-bond donors (Lipinski definition) is 1. The quantitative estimate of drug-likeness (QED) is 0.556. The van der Waals surface area contributed by atoms with Crippen molar-refractivity contribution in [2.75, 3.05) is 10.5 Å². The molecule has 112 valence electrons. The minimum absolute atomic E-state index is 0.0582. The Morgan fingerprint density at radius 1 is 1.24 bits per heavy atom. The molecule has 0 aliphatic rings. The van der Waals surface area contributed by atoms with Crippen molar-refractivity contribution in [1.29, 1.82) is 0 Å². The van der Waals surface area contributed by atoms with Gasteiger partial charge in [-0.1, -0.05) is 6.92 Å². The third kappa shape index (κ3) is 4.52. The fourth-order valence-electron chi connectivity index (χ4n) is 1.78. The minimum atomic E-state index is -3.30. The molecule has 0 unspecified atom stereocenters. The van der Waals surface area contributed by atoms with Crippen LogP contribution in [0.3, 0.4) is 0 Å². The Labute approximate surface area is 141 Å². The van der Waals surface area contributed by atoms with E-state index in [0.717, 1.165) is 2.88 Å². The van der Waals surface area contributed by atoms with Crippen molar-refractivity contribution in [2.24, 2.45) is 0 Å². The van der Waals surface area contributed by atoms with Crippen molar-refractivity contribution in [3.8, 4) is 0 Å². The molecule has 1 heterocycles. The summed E-state index contributed by atoms with van der Waals surface area (Å²) in [6.07, 6.45) is 0.558. The number of nitrogens with one attached hydrogen (secondary N) is 1. The monoisotopic (exact) mass is 435 g/mol. The first kappa shape index (κ1) is 16.4. The predicted octanol–water partition coefficient (Wildman–Crippen LogP) is 3.74. The summed E-state index contributed by atoms with van der Waals surface area (Å²) in [6, 6.07) is 8.33. The molecule has 1 aromatic heterocycles. The summed E-state index contributed by atoms with van der Waals surface area (Å²) in [5.41, 5.74) is 1.67. The average Bonchev–Trinajstić information content (AvgIpc) is 2.85. The van der Waals surface area contributed by atoms with Gasteiger partial charge in [0.1, 0.15) is 0 Å². The van der Waals surface area contributed by atoms with Crippen LogP contribution in [0.4, 0.5) is 5.69 Å². The first-order valence-corrected chi connectivity index (χ1v) is 9.91. The van der Waals surface area contributed by atoms with Gasteiger partial charge in [0.25, 0.3) is 0 Å². The summed E-state index contributed by atoms with van der Waals surface area (Å²) in [5.74, 6) is 0.0261. The van der Waals surface area contributed by atoms with Gasteiger partial charge in [0.05, 0.1) is 8.64 Å². The number of carbonyl (C=O) groups excluding carboxylic acids is 1. The van der Waals surface area contributed by atoms with Gasteiger partial charge >= 0.3 is 0 Å². The zero-order valence-electron chi connectivity index (χ0n) is 11.3. The van der Waals surface area contributed by atoms with Gasteiger partial charge in [-0.2, -0.15) is 0 Å². The summed E-state index contributed by atoms with van der Waals surface area (Å²) >= 11 is 3.69. The average molecular weight is 435 g/mol. The predicted molar refractivity (Wildman–Crippen MR) is 94.6 cm³/mol. The van der Waals surface area contributed by atoms with Crippen LogP contribution in [0.25, 0.3) is 0 Å². The van der Waals surface area contributed by atoms with Gasteiger partial charge in [0.2, 0.25) is 10.0 Å². The second-order valence-electron chi connectivity index (χ2n) is 4.47. The summed E-state index contributed by atoms with van der Waals surface area (Å²) in [5, 5.41) is 1.82. The smallest absolute Gasteiger partial charge is 0.232 e. The Morgan fingerprint density at radius 3 is 2.43 bits per heavy atom.